The summed E-state index contributed by atoms with van der Waals surface area (Å²) in [4.78, 5) is 11.4. The molecule has 1 amide bonds. The van der Waals surface area contributed by atoms with Crippen molar-refractivity contribution in [3.05, 3.63) is 23.8 Å². The molecule has 0 atom stereocenters. The smallest absolute Gasteiger partial charge is 0.225 e. The van der Waals surface area contributed by atoms with Crippen molar-refractivity contribution < 1.29 is 18.3 Å². The molecule has 1 aromatic rings. The number of halogens is 2. The highest BCUT2D eigenvalue weighted by Crippen LogP contribution is 2.28. The third-order valence-electron chi connectivity index (χ3n) is 2.09. The predicted molar refractivity (Wildman–Crippen MR) is 60.1 cm³/mol. The van der Waals surface area contributed by atoms with Crippen LogP contribution in [0.1, 0.15) is 6.42 Å². The van der Waals surface area contributed by atoms with Crippen LogP contribution >= 0.6 is 0 Å². The summed E-state index contributed by atoms with van der Waals surface area (Å²) in [6.07, 6.45) is 0.206. The minimum absolute atomic E-state index is 0.00824. The molecular formula is C11H14F2N2O2. The van der Waals surface area contributed by atoms with Crippen molar-refractivity contribution in [2.75, 3.05) is 26.0 Å². The molecule has 0 bridgehead atoms. The van der Waals surface area contributed by atoms with Crippen LogP contribution in [0.3, 0.4) is 0 Å². The number of hydrogen-bond acceptors (Lipinski definition) is 3. The molecule has 0 unspecified atom stereocenters. The zero-order valence-electron chi connectivity index (χ0n) is 9.64. The molecule has 0 aromatic heterocycles. The van der Waals surface area contributed by atoms with E-state index in [0.29, 0.717) is 12.6 Å². The van der Waals surface area contributed by atoms with Gasteiger partial charge in [0, 0.05) is 25.1 Å². The lowest BCUT2D eigenvalue weighted by atomic mass is 10.2. The Labute approximate surface area is 98.0 Å². The minimum Gasteiger partial charge on any atom is -0.492 e. The summed E-state index contributed by atoms with van der Waals surface area (Å²) in [5, 5.41) is 5.19. The van der Waals surface area contributed by atoms with Crippen LogP contribution in [0.25, 0.3) is 0 Å². The second kappa shape index (κ2) is 6.15. The van der Waals surface area contributed by atoms with E-state index in [-0.39, 0.29) is 23.8 Å². The van der Waals surface area contributed by atoms with Crippen molar-refractivity contribution in [3.63, 3.8) is 0 Å². The van der Waals surface area contributed by atoms with E-state index in [1.807, 2.05) is 0 Å². The molecule has 0 saturated carbocycles. The van der Waals surface area contributed by atoms with E-state index in [1.54, 1.807) is 7.05 Å². The molecule has 0 saturated heterocycles. The van der Waals surface area contributed by atoms with Crippen LogP contribution in [0, 0.1) is 11.6 Å². The summed E-state index contributed by atoms with van der Waals surface area (Å²) < 4.78 is 31.0. The number of anilines is 1. The van der Waals surface area contributed by atoms with Crippen molar-refractivity contribution >= 4 is 11.6 Å². The summed E-state index contributed by atoms with van der Waals surface area (Å²) in [5.41, 5.74) is -0.00824. The zero-order chi connectivity index (χ0) is 12.8. The molecule has 1 aromatic carbocycles. The van der Waals surface area contributed by atoms with Crippen LogP contribution in [-0.4, -0.2) is 26.6 Å². The molecule has 94 valence electrons. The van der Waals surface area contributed by atoms with Gasteiger partial charge in [0.15, 0.2) is 11.6 Å². The Morgan fingerprint density at radius 3 is 2.71 bits per heavy atom. The fraction of sp³-hybridized carbons (Fsp3) is 0.364. The van der Waals surface area contributed by atoms with Crippen LogP contribution in [0.4, 0.5) is 14.5 Å². The molecule has 0 radical (unpaired) electrons. The highest BCUT2D eigenvalue weighted by molar-refractivity contribution is 5.92. The number of benzene rings is 1. The maximum Gasteiger partial charge on any atom is 0.225 e. The normalized spacial score (nSPS) is 10.1. The van der Waals surface area contributed by atoms with E-state index in [4.69, 9.17) is 4.74 Å². The minimum atomic E-state index is -0.851. The lowest BCUT2D eigenvalue weighted by molar-refractivity contribution is -0.116. The van der Waals surface area contributed by atoms with Gasteiger partial charge in [-0.15, -0.1) is 0 Å². The van der Waals surface area contributed by atoms with Crippen molar-refractivity contribution in [2.45, 2.75) is 6.42 Å². The second-order valence-electron chi connectivity index (χ2n) is 3.37. The molecular weight excluding hydrogens is 230 g/mol. The van der Waals surface area contributed by atoms with Gasteiger partial charge in [-0.3, -0.25) is 4.79 Å². The Bertz CT molecular complexity index is 411. The molecule has 17 heavy (non-hydrogen) atoms. The number of carbonyl (C=O) groups is 1. The second-order valence-corrected chi connectivity index (χ2v) is 3.37. The maximum atomic E-state index is 13.3. The standard InChI is InChI=1S/C11H14F2N2O2/c1-14-4-3-10(16)15-9-6-7(12)5-8(13)11(9)17-2/h5-6,14H,3-4H2,1-2H3,(H,15,16). The molecule has 0 fully saturated rings. The average Bonchev–Trinajstić information content (AvgIpc) is 2.25. The third-order valence-corrected chi connectivity index (χ3v) is 2.09. The Kier molecular flexibility index (Phi) is 4.84. The first-order valence-corrected chi connectivity index (χ1v) is 5.06. The van der Waals surface area contributed by atoms with E-state index in [2.05, 4.69) is 10.6 Å². The van der Waals surface area contributed by atoms with Gasteiger partial charge in [0.2, 0.25) is 5.91 Å². The van der Waals surface area contributed by atoms with Gasteiger partial charge >= 0.3 is 0 Å². The quantitative estimate of drug-likeness (QED) is 0.825. The summed E-state index contributed by atoms with van der Waals surface area (Å²) >= 11 is 0. The van der Waals surface area contributed by atoms with E-state index in [1.165, 1.54) is 7.11 Å². The molecule has 0 aliphatic heterocycles. The van der Waals surface area contributed by atoms with Crippen molar-refractivity contribution in [3.8, 4) is 5.75 Å². The van der Waals surface area contributed by atoms with Gasteiger partial charge in [0.05, 0.1) is 12.8 Å². The zero-order valence-corrected chi connectivity index (χ0v) is 9.64. The number of rotatable bonds is 5. The van der Waals surface area contributed by atoms with Crippen LogP contribution in [0.15, 0.2) is 12.1 Å². The Morgan fingerprint density at radius 2 is 2.12 bits per heavy atom. The predicted octanol–water partition coefficient (Wildman–Crippen LogP) is 1.52. The number of ether oxygens (including phenoxy) is 1. The van der Waals surface area contributed by atoms with Crippen molar-refractivity contribution in [1.29, 1.82) is 0 Å². The van der Waals surface area contributed by atoms with Gasteiger partial charge in [-0.25, -0.2) is 8.78 Å². The SMILES string of the molecule is CNCCC(=O)Nc1cc(F)cc(F)c1OC. The fourth-order valence-corrected chi connectivity index (χ4v) is 1.31. The lowest BCUT2D eigenvalue weighted by Gasteiger charge is -2.11. The van der Waals surface area contributed by atoms with E-state index < -0.39 is 11.6 Å². The fourth-order valence-electron chi connectivity index (χ4n) is 1.31. The molecule has 4 nitrogen and oxygen atoms in total. The molecule has 0 aliphatic carbocycles. The van der Waals surface area contributed by atoms with Crippen LogP contribution in [0.2, 0.25) is 0 Å². The van der Waals surface area contributed by atoms with Crippen LogP contribution < -0.4 is 15.4 Å². The highest BCUT2D eigenvalue weighted by atomic mass is 19.1. The van der Waals surface area contributed by atoms with Gasteiger partial charge in [-0.2, -0.15) is 0 Å². The average molecular weight is 244 g/mol. The largest absolute Gasteiger partial charge is 0.492 e. The molecule has 0 heterocycles. The van der Waals surface area contributed by atoms with E-state index in [0.717, 1.165) is 6.07 Å². The number of amides is 1. The van der Waals surface area contributed by atoms with Crippen LogP contribution in [0.5, 0.6) is 5.75 Å². The van der Waals surface area contributed by atoms with Gasteiger partial charge in [0.25, 0.3) is 0 Å². The Morgan fingerprint density at radius 1 is 1.41 bits per heavy atom. The van der Waals surface area contributed by atoms with E-state index >= 15 is 0 Å². The Balaban J connectivity index is 2.85. The first kappa shape index (κ1) is 13.4. The monoisotopic (exact) mass is 244 g/mol. The highest BCUT2D eigenvalue weighted by Gasteiger charge is 2.13. The van der Waals surface area contributed by atoms with Gasteiger partial charge in [0.1, 0.15) is 5.82 Å². The number of hydrogen-bond donors (Lipinski definition) is 2. The number of carbonyl (C=O) groups excluding carboxylic acids is 1. The molecule has 2 N–H and O–H groups in total. The summed E-state index contributed by atoms with van der Waals surface area (Å²) in [7, 11) is 2.95. The van der Waals surface area contributed by atoms with Gasteiger partial charge in [-0.05, 0) is 7.05 Å². The van der Waals surface area contributed by atoms with Gasteiger partial charge < -0.3 is 15.4 Å². The first-order valence-electron chi connectivity index (χ1n) is 5.06. The lowest BCUT2D eigenvalue weighted by Crippen LogP contribution is -2.19. The molecule has 0 spiro atoms. The van der Waals surface area contributed by atoms with Crippen molar-refractivity contribution in [2.24, 2.45) is 0 Å². The molecule has 6 heteroatoms. The first-order chi connectivity index (χ1) is 8.08. The van der Waals surface area contributed by atoms with Crippen molar-refractivity contribution in [1.82, 2.24) is 5.32 Å². The molecule has 0 aliphatic rings. The van der Waals surface area contributed by atoms with Gasteiger partial charge in [-0.1, -0.05) is 0 Å². The maximum absolute atomic E-state index is 13.3. The Hall–Kier alpha value is -1.69. The van der Waals surface area contributed by atoms with E-state index in [9.17, 15) is 13.6 Å². The topological polar surface area (TPSA) is 50.4 Å². The summed E-state index contributed by atoms with van der Waals surface area (Å²) in [6.45, 7) is 0.478. The number of methoxy groups -OCH3 is 1. The molecule has 1 rings (SSSR count). The van der Waals surface area contributed by atoms with Crippen LogP contribution in [-0.2, 0) is 4.79 Å². The number of nitrogens with one attached hydrogen (secondary N) is 2. The summed E-state index contributed by atoms with van der Waals surface area (Å²) in [5.74, 6) is -2.14. The third kappa shape index (κ3) is 3.67. The summed E-state index contributed by atoms with van der Waals surface area (Å²) in [6, 6.07) is 1.71.